The van der Waals surface area contributed by atoms with Crippen molar-refractivity contribution in [3.8, 4) is 0 Å². The minimum Gasteiger partial charge on any atom is -0.300 e. The highest BCUT2D eigenvalue weighted by molar-refractivity contribution is 7.47. The van der Waals surface area contributed by atoms with E-state index < -0.39 is 19.4 Å². The molecule has 1 atom stereocenters. The minimum absolute atomic E-state index is 0.686. The molecule has 0 aliphatic carbocycles. The van der Waals surface area contributed by atoms with Crippen LogP contribution in [0.2, 0.25) is 0 Å². The van der Waals surface area contributed by atoms with Gasteiger partial charge in [-0.15, -0.1) is 0 Å². The molecule has 1 unspecified atom stereocenters. The van der Waals surface area contributed by atoms with Crippen molar-refractivity contribution in [2.45, 2.75) is 26.4 Å². The van der Waals surface area contributed by atoms with Gasteiger partial charge in [0.05, 0.1) is 5.60 Å². The molecule has 0 aliphatic rings. The van der Waals surface area contributed by atoms with Crippen LogP contribution in [-0.2, 0) is 29.0 Å². The zero-order valence-electron chi connectivity index (χ0n) is 10.3. The fraction of sp³-hybridized carbons (Fsp3) is 0.364. The van der Waals surface area contributed by atoms with Crippen molar-refractivity contribution in [1.82, 2.24) is 0 Å². The topological polar surface area (TPSA) is 82.1 Å². The number of hydrogen-bond acceptors (Lipinski definition) is 5. The fourth-order valence-corrected chi connectivity index (χ4v) is 2.21. The van der Waals surface area contributed by atoms with Crippen LogP contribution >= 0.6 is 7.82 Å². The average molecular weight is 274 g/mol. The first-order valence-corrected chi connectivity index (χ1v) is 6.68. The Labute approximate surface area is 105 Å². The van der Waals surface area contributed by atoms with Crippen molar-refractivity contribution in [2.75, 3.05) is 0 Å². The fourth-order valence-electron chi connectivity index (χ4n) is 1.30. The van der Waals surface area contributed by atoms with Crippen LogP contribution in [0.4, 0.5) is 0 Å². The molecule has 0 bridgehead atoms. The van der Waals surface area contributed by atoms with E-state index in [4.69, 9.17) is 4.52 Å². The maximum absolute atomic E-state index is 11.5. The summed E-state index contributed by atoms with van der Waals surface area (Å²) in [5.74, 6) is -0.842. The van der Waals surface area contributed by atoms with E-state index in [0.29, 0.717) is 5.56 Å². The average Bonchev–Trinajstić information content (AvgIpc) is 2.26. The van der Waals surface area contributed by atoms with Gasteiger partial charge in [-0.2, -0.15) is 0 Å². The summed E-state index contributed by atoms with van der Waals surface area (Å²) >= 11 is 0. The van der Waals surface area contributed by atoms with E-state index in [1.54, 1.807) is 38.1 Å². The Hall–Kier alpha value is -1.20. The Morgan fingerprint density at radius 2 is 1.83 bits per heavy atom. The van der Waals surface area contributed by atoms with Gasteiger partial charge in [-0.1, -0.05) is 35.0 Å². The Bertz CT molecular complexity index is 456. The van der Waals surface area contributed by atoms with Crippen molar-refractivity contribution in [3.05, 3.63) is 35.9 Å². The highest BCUT2D eigenvalue weighted by atomic mass is 31.2. The smallest absolute Gasteiger partial charge is 0.300 e. The first-order valence-electron chi connectivity index (χ1n) is 5.19. The van der Waals surface area contributed by atoms with E-state index in [1.807, 2.05) is 6.07 Å². The summed E-state index contributed by atoms with van der Waals surface area (Å²) in [5.41, 5.74) is -0.378. The number of carbonyl (C=O) groups is 1. The molecular formula is C11H15O6P. The molecule has 1 N–H and O–H groups in total. The van der Waals surface area contributed by atoms with Crippen molar-refractivity contribution in [3.63, 3.8) is 0 Å². The molecule has 0 spiro atoms. The minimum atomic E-state index is -4.48. The van der Waals surface area contributed by atoms with Crippen molar-refractivity contribution < 1.29 is 28.3 Å². The maximum Gasteiger partial charge on any atom is 0.509 e. The summed E-state index contributed by atoms with van der Waals surface area (Å²) in [6.45, 7) is 4.24. The molecule has 100 valence electrons. The number of rotatable bonds is 5. The van der Waals surface area contributed by atoms with Crippen LogP contribution in [0.3, 0.4) is 0 Å². The molecule has 18 heavy (non-hydrogen) atoms. The third-order valence-corrected chi connectivity index (χ3v) is 3.01. The van der Waals surface area contributed by atoms with Crippen LogP contribution in [-0.4, -0.2) is 10.9 Å². The molecule has 0 fully saturated rings. The van der Waals surface area contributed by atoms with Gasteiger partial charge in [-0.3, -0.25) is 9.41 Å². The number of carbonyl (C=O) groups excluding carboxylic acids is 1. The third-order valence-electron chi connectivity index (χ3n) is 2.06. The third kappa shape index (κ3) is 4.58. The number of hydrogen-bond donors (Lipinski definition) is 1. The molecule has 1 aromatic carbocycles. The Kier molecular flexibility index (Phi) is 4.65. The van der Waals surface area contributed by atoms with Crippen LogP contribution in [0.15, 0.2) is 30.3 Å². The van der Waals surface area contributed by atoms with E-state index in [0.717, 1.165) is 6.92 Å². The normalized spacial score (nSPS) is 14.9. The summed E-state index contributed by atoms with van der Waals surface area (Å²) in [5, 5.41) is 0. The highest BCUT2D eigenvalue weighted by Gasteiger charge is 2.35. The summed E-state index contributed by atoms with van der Waals surface area (Å²) in [6, 6.07) is 8.84. The molecule has 1 rings (SSSR count). The molecular weight excluding hydrogens is 259 g/mol. The first-order chi connectivity index (χ1) is 8.23. The number of phosphoric ester groups is 1. The standard InChI is InChI=1S/C11H15O6P/c1-9(12)15-17-18(13,14)16-11(2,3)10-7-5-4-6-8-10/h4-8H,1-3H3,(H,13,14). The zero-order chi connectivity index (χ0) is 13.8. The van der Waals surface area contributed by atoms with Crippen LogP contribution in [0.5, 0.6) is 0 Å². The second kappa shape index (κ2) is 5.63. The molecule has 0 aliphatic heterocycles. The first kappa shape index (κ1) is 14.9. The van der Waals surface area contributed by atoms with Gasteiger partial charge in [0, 0.05) is 6.92 Å². The van der Waals surface area contributed by atoms with Gasteiger partial charge in [0.15, 0.2) is 0 Å². The lowest BCUT2D eigenvalue weighted by Crippen LogP contribution is -2.21. The van der Waals surface area contributed by atoms with E-state index in [-0.39, 0.29) is 0 Å². The number of benzene rings is 1. The predicted molar refractivity (Wildman–Crippen MR) is 63.2 cm³/mol. The second-order valence-corrected chi connectivity index (χ2v) is 5.35. The van der Waals surface area contributed by atoms with Gasteiger partial charge >= 0.3 is 13.8 Å². The molecule has 0 amide bonds. The van der Waals surface area contributed by atoms with Crippen molar-refractivity contribution in [2.24, 2.45) is 0 Å². The monoisotopic (exact) mass is 274 g/mol. The van der Waals surface area contributed by atoms with Crippen LogP contribution in [0, 0.1) is 0 Å². The van der Waals surface area contributed by atoms with E-state index >= 15 is 0 Å². The van der Waals surface area contributed by atoms with Crippen LogP contribution in [0.25, 0.3) is 0 Å². The van der Waals surface area contributed by atoms with Gasteiger partial charge < -0.3 is 4.89 Å². The lowest BCUT2D eigenvalue weighted by molar-refractivity contribution is -0.224. The second-order valence-electron chi connectivity index (χ2n) is 4.09. The van der Waals surface area contributed by atoms with E-state index in [9.17, 15) is 14.3 Å². The van der Waals surface area contributed by atoms with Gasteiger partial charge in [-0.05, 0) is 19.4 Å². The van der Waals surface area contributed by atoms with Gasteiger partial charge in [0.1, 0.15) is 0 Å². The summed E-state index contributed by atoms with van der Waals surface area (Å²) < 4.78 is 20.6. The van der Waals surface area contributed by atoms with Gasteiger partial charge in [0.25, 0.3) is 0 Å². The summed E-state index contributed by atoms with van der Waals surface area (Å²) in [6.07, 6.45) is 0. The van der Waals surface area contributed by atoms with Crippen LogP contribution < -0.4 is 0 Å². The predicted octanol–water partition coefficient (Wildman–Crippen LogP) is 2.53. The molecule has 0 radical (unpaired) electrons. The lowest BCUT2D eigenvalue weighted by Gasteiger charge is -2.26. The van der Waals surface area contributed by atoms with Crippen LogP contribution in [0.1, 0.15) is 26.3 Å². The van der Waals surface area contributed by atoms with E-state index in [1.165, 1.54) is 0 Å². The SMILES string of the molecule is CC(=O)OOP(=O)(O)OC(C)(C)c1ccccc1. The molecule has 0 saturated carbocycles. The molecule has 0 aromatic heterocycles. The molecule has 7 heteroatoms. The van der Waals surface area contributed by atoms with E-state index in [2.05, 4.69) is 9.56 Å². The Morgan fingerprint density at radius 3 is 2.33 bits per heavy atom. The maximum atomic E-state index is 11.5. The van der Waals surface area contributed by atoms with Gasteiger partial charge in [-0.25, -0.2) is 9.36 Å². The molecule has 6 nitrogen and oxygen atoms in total. The molecule has 0 saturated heterocycles. The zero-order valence-corrected chi connectivity index (χ0v) is 11.2. The van der Waals surface area contributed by atoms with Gasteiger partial charge in [0.2, 0.25) is 0 Å². The molecule has 1 aromatic rings. The highest BCUT2D eigenvalue weighted by Crippen LogP contribution is 2.50. The quantitative estimate of drug-likeness (QED) is 0.504. The summed E-state index contributed by atoms with van der Waals surface area (Å²) in [4.78, 5) is 23.9. The Morgan fingerprint density at radius 1 is 1.28 bits per heavy atom. The lowest BCUT2D eigenvalue weighted by atomic mass is 9.99. The summed E-state index contributed by atoms with van der Waals surface area (Å²) in [7, 11) is -4.48. The van der Waals surface area contributed by atoms with Crippen molar-refractivity contribution >= 4 is 13.8 Å². The number of phosphoric acid groups is 1. The molecule has 0 heterocycles. The largest absolute Gasteiger partial charge is 0.509 e. The Balaban J connectivity index is 2.76. The van der Waals surface area contributed by atoms with Crippen molar-refractivity contribution in [1.29, 1.82) is 0 Å².